The third kappa shape index (κ3) is 8.05. The molecule has 3 atom stereocenters. The Labute approximate surface area is 249 Å². The van der Waals surface area contributed by atoms with Crippen LogP contribution in [0.15, 0.2) is 97.1 Å². The van der Waals surface area contributed by atoms with Crippen molar-refractivity contribution in [3.8, 4) is 0 Å². The van der Waals surface area contributed by atoms with Gasteiger partial charge in [0, 0.05) is 36.8 Å². The van der Waals surface area contributed by atoms with Crippen LogP contribution in [0.25, 0.3) is 10.8 Å². The summed E-state index contributed by atoms with van der Waals surface area (Å²) < 4.78 is 0. The van der Waals surface area contributed by atoms with Crippen molar-refractivity contribution in [2.24, 2.45) is 0 Å². The van der Waals surface area contributed by atoms with E-state index in [-0.39, 0.29) is 17.9 Å². The van der Waals surface area contributed by atoms with Crippen molar-refractivity contribution in [1.29, 1.82) is 0 Å². The van der Waals surface area contributed by atoms with Crippen LogP contribution in [0, 0.1) is 0 Å². The summed E-state index contributed by atoms with van der Waals surface area (Å²) in [4.78, 5) is 28.5. The smallest absolute Gasteiger partial charge is 0.253 e. The molecule has 0 aliphatic heterocycles. The lowest BCUT2D eigenvalue weighted by Crippen LogP contribution is -2.49. The Morgan fingerprint density at radius 1 is 0.810 bits per heavy atom. The fourth-order valence-corrected chi connectivity index (χ4v) is 5.41. The number of hydrogen-bond acceptors (Lipinski definition) is 4. The van der Waals surface area contributed by atoms with Crippen molar-refractivity contribution in [2.45, 2.75) is 58.2 Å². The molecule has 0 saturated heterocycles. The van der Waals surface area contributed by atoms with E-state index in [4.69, 9.17) is 0 Å². The van der Waals surface area contributed by atoms with Crippen LogP contribution in [0.4, 0.5) is 0 Å². The number of aliphatic hydroxyl groups is 1. The van der Waals surface area contributed by atoms with Gasteiger partial charge in [-0.25, -0.2) is 0 Å². The predicted octanol–water partition coefficient (Wildman–Crippen LogP) is 6.15. The summed E-state index contributed by atoms with van der Waals surface area (Å²) in [6, 6.07) is 30.7. The Kier molecular flexibility index (Phi) is 11.3. The third-order valence-corrected chi connectivity index (χ3v) is 7.65. The molecule has 0 aliphatic carbocycles. The minimum absolute atomic E-state index is 0.00397. The molecule has 0 fully saturated rings. The Morgan fingerprint density at radius 2 is 1.45 bits per heavy atom. The van der Waals surface area contributed by atoms with Crippen molar-refractivity contribution in [2.75, 3.05) is 19.6 Å². The van der Waals surface area contributed by atoms with Crippen LogP contribution in [-0.4, -0.2) is 53.6 Å². The van der Waals surface area contributed by atoms with E-state index in [1.54, 1.807) is 24.3 Å². The Bertz CT molecular complexity index is 1440. The maximum atomic E-state index is 13.5. The van der Waals surface area contributed by atoms with E-state index >= 15 is 0 Å². The van der Waals surface area contributed by atoms with E-state index in [1.807, 2.05) is 53.4 Å². The molecule has 4 aromatic rings. The van der Waals surface area contributed by atoms with Crippen LogP contribution in [-0.2, 0) is 6.42 Å². The summed E-state index contributed by atoms with van der Waals surface area (Å²) >= 11 is 0. The van der Waals surface area contributed by atoms with Gasteiger partial charge in [-0.3, -0.25) is 9.59 Å². The van der Waals surface area contributed by atoms with Gasteiger partial charge in [0.1, 0.15) is 0 Å². The zero-order chi connectivity index (χ0) is 29.9. The summed E-state index contributed by atoms with van der Waals surface area (Å²) in [6.45, 7) is 7.84. The van der Waals surface area contributed by atoms with Crippen LogP contribution < -0.4 is 10.6 Å². The quantitative estimate of drug-likeness (QED) is 0.171. The van der Waals surface area contributed by atoms with E-state index in [2.05, 4.69) is 55.7 Å². The minimum Gasteiger partial charge on any atom is -0.390 e. The maximum absolute atomic E-state index is 13.5. The Hall–Kier alpha value is -4.00. The average molecular weight is 566 g/mol. The van der Waals surface area contributed by atoms with E-state index < -0.39 is 12.1 Å². The van der Waals surface area contributed by atoms with Crippen molar-refractivity contribution >= 4 is 22.6 Å². The number of nitrogens with one attached hydrogen (secondary N) is 2. The number of carbonyl (C=O) groups excluding carboxylic acids is 2. The molecule has 0 heterocycles. The second kappa shape index (κ2) is 15.3. The first-order valence-electron chi connectivity index (χ1n) is 15.0. The van der Waals surface area contributed by atoms with Gasteiger partial charge in [0.25, 0.3) is 11.8 Å². The highest BCUT2D eigenvalue weighted by atomic mass is 16.3. The first-order chi connectivity index (χ1) is 20.4. The van der Waals surface area contributed by atoms with E-state index in [1.165, 1.54) is 10.8 Å². The van der Waals surface area contributed by atoms with Crippen molar-refractivity contribution < 1.29 is 14.7 Å². The minimum atomic E-state index is -0.846. The first-order valence-corrected chi connectivity index (χ1v) is 15.0. The number of benzene rings is 4. The van der Waals surface area contributed by atoms with Crippen LogP contribution in [0.5, 0.6) is 0 Å². The molecule has 0 bridgehead atoms. The van der Waals surface area contributed by atoms with Crippen molar-refractivity contribution in [3.63, 3.8) is 0 Å². The molecule has 3 N–H and O–H groups in total. The number of nitrogens with zero attached hydrogens (tertiary/aromatic N) is 1. The summed E-state index contributed by atoms with van der Waals surface area (Å²) in [7, 11) is 0. The van der Waals surface area contributed by atoms with Crippen molar-refractivity contribution in [3.05, 3.63) is 119 Å². The first kappa shape index (κ1) is 30.9. The molecule has 0 aliphatic rings. The molecule has 0 saturated carbocycles. The molecule has 0 unspecified atom stereocenters. The van der Waals surface area contributed by atoms with Crippen LogP contribution in [0.3, 0.4) is 0 Å². The third-order valence-electron chi connectivity index (χ3n) is 7.65. The zero-order valence-corrected chi connectivity index (χ0v) is 24.9. The van der Waals surface area contributed by atoms with Gasteiger partial charge >= 0.3 is 0 Å². The summed E-state index contributed by atoms with van der Waals surface area (Å²) in [5, 5.41) is 20.3. The second-order valence-electron chi connectivity index (χ2n) is 10.9. The van der Waals surface area contributed by atoms with Gasteiger partial charge in [-0.05, 0) is 66.3 Å². The van der Waals surface area contributed by atoms with Gasteiger partial charge in [0.15, 0.2) is 0 Å². The summed E-state index contributed by atoms with van der Waals surface area (Å²) in [6.07, 6.45) is 1.37. The second-order valence-corrected chi connectivity index (χ2v) is 10.9. The van der Waals surface area contributed by atoms with Crippen molar-refractivity contribution in [1.82, 2.24) is 15.5 Å². The van der Waals surface area contributed by atoms with Crippen LogP contribution in [0.1, 0.15) is 71.5 Å². The molecule has 42 heavy (non-hydrogen) atoms. The predicted molar refractivity (Wildman–Crippen MR) is 171 cm³/mol. The Morgan fingerprint density at radius 3 is 2.19 bits per heavy atom. The average Bonchev–Trinajstić information content (AvgIpc) is 3.03. The SMILES string of the molecule is CCCN(CCC)C(=O)c1cccc(C(=O)N[C@@H](Cc2ccccc2)[C@H](O)CN[C@H](C)c2cccc3ccccc23)c1. The number of aliphatic hydroxyl groups excluding tert-OH is 1. The van der Waals surface area contributed by atoms with E-state index in [0.717, 1.165) is 24.0 Å². The molecule has 0 spiro atoms. The lowest BCUT2D eigenvalue weighted by Gasteiger charge is -2.27. The number of amides is 2. The molecular weight excluding hydrogens is 522 g/mol. The maximum Gasteiger partial charge on any atom is 0.253 e. The molecule has 6 heteroatoms. The van der Waals surface area contributed by atoms with Crippen LogP contribution in [0.2, 0.25) is 0 Å². The fourth-order valence-electron chi connectivity index (χ4n) is 5.41. The number of rotatable bonds is 14. The van der Waals surface area contributed by atoms with E-state index in [0.29, 0.717) is 37.2 Å². The molecule has 0 radical (unpaired) electrons. The summed E-state index contributed by atoms with van der Waals surface area (Å²) in [5.74, 6) is -0.384. The number of carbonyl (C=O) groups is 2. The zero-order valence-electron chi connectivity index (χ0n) is 24.9. The van der Waals surface area contributed by atoms with Gasteiger partial charge < -0.3 is 20.6 Å². The normalized spacial score (nSPS) is 13.3. The topological polar surface area (TPSA) is 81.7 Å². The molecule has 4 rings (SSSR count). The lowest BCUT2D eigenvalue weighted by atomic mass is 9.98. The molecule has 6 nitrogen and oxygen atoms in total. The van der Waals surface area contributed by atoms with Gasteiger partial charge in [0.05, 0.1) is 12.1 Å². The molecule has 0 aromatic heterocycles. The van der Waals surface area contributed by atoms with Crippen LogP contribution >= 0.6 is 0 Å². The molecular formula is C36H43N3O3. The van der Waals surface area contributed by atoms with Gasteiger partial charge in [-0.1, -0.05) is 92.7 Å². The number of fused-ring (bicyclic) bond motifs is 1. The highest BCUT2D eigenvalue weighted by Gasteiger charge is 2.24. The largest absolute Gasteiger partial charge is 0.390 e. The van der Waals surface area contributed by atoms with Gasteiger partial charge in [-0.15, -0.1) is 0 Å². The Balaban J connectivity index is 1.49. The molecule has 220 valence electrons. The summed E-state index contributed by atoms with van der Waals surface area (Å²) in [5.41, 5.74) is 3.07. The number of hydrogen-bond donors (Lipinski definition) is 3. The fraction of sp³-hybridized carbons (Fsp3) is 0.333. The van der Waals surface area contributed by atoms with E-state index in [9.17, 15) is 14.7 Å². The standard InChI is InChI=1S/C36H43N3O3/c1-4-21-39(22-5-2)36(42)30-18-11-17-29(24-30)35(41)38-33(23-27-13-7-6-8-14-27)34(40)25-37-26(3)31-20-12-16-28-15-9-10-19-32(28)31/h6-20,24,26,33-34,37,40H,4-5,21-23,25H2,1-3H3,(H,38,41)/t26-,33+,34-/m1/s1. The highest BCUT2D eigenvalue weighted by Crippen LogP contribution is 2.24. The van der Waals surface area contributed by atoms with Gasteiger partial charge in [0.2, 0.25) is 0 Å². The molecule has 2 amide bonds. The molecule has 4 aromatic carbocycles. The highest BCUT2D eigenvalue weighted by molar-refractivity contribution is 5.99. The monoisotopic (exact) mass is 565 g/mol. The van der Waals surface area contributed by atoms with Gasteiger partial charge in [-0.2, -0.15) is 0 Å². The lowest BCUT2D eigenvalue weighted by molar-refractivity contribution is 0.0755.